The van der Waals surface area contributed by atoms with Crippen molar-refractivity contribution in [3.8, 4) is 0 Å². The Kier molecular flexibility index (Phi) is 4.19. The molecule has 1 heterocycles. The van der Waals surface area contributed by atoms with Gasteiger partial charge in [-0.05, 0) is 19.4 Å². The molecule has 0 amide bonds. The summed E-state index contributed by atoms with van der Waals surface area (Å²) in [7, 11) is -5.19. The molecule has 16 heavy (non-hydrogen) atoms. The maximum atomic E-state index is 12.4. The molecule has 1 unspecified atom stereocenters. The van der Waals surface area contributed by atoms with Crippen molar-refractivity contribution >= 4 is 10.0 Å². The first-order chi connectivity index (χ1) is 7.30. The van der Waals surface area contributed by atoms with E-state index in [9.17, 15) is 21.6 Å². The van der Waals surface area contributed by atoms with E-state index in [-0.39, 0.29) is 13.1 Å². The molecule has 0 aliphatic carbocycles. The van der Waals surface area contributed by atoms with E-state index < -0.39 is 21.6 Å². The van der Waals surface area contributed by atoms with E-state index in [4.69, 9.17) is 0 Å². The monoisotopic (exact) mass is 260 g/mol. The second-order valence-corrected chi connectivity index (χ2v) is 5.59. The fourth-order valence-corrected chi connectivity index (χ4v) is 3.00. The number of hydrogen-bond donors (Lipinski definition) is 1. The lowest BCUT2D eigenvalue weighted by Gasteiger charge is -2.27. The summed E-state index contributed by atoms with van der Waals surface area (Å²) in [6.07, 6.45) is 0.793. The highest BCUT2D eigenvalue weighted by atomic mass is 32.2. The van der Waals surface area contributed by atoms with Crippen LogP contribution < -0.4 is 5.32 Å². The third-order valence-electron chi connectivity index (χ3n) is 2.49. The van der Waals surface area contributed by atoms with Crippen LogP contribution in [0.2, 0.25) is 0 Å². The molecular weight excluding hydrogens is 245 g/mol. The molecule has 0 radical (unpaired) electrons. The molecule has 1 fully saturated rings. The van der Waals surface area contributed by atoms with Gasteiger partial charge in [-0.25, -0.2) is 8.42 Å². The van der Waals surface area contributed by atoms with Crippen LogP contribution in [-0.2, 0) is 10.0 Å². The van der Waals surface area contributed by atoms with E-state index in [0.717, 1.165) is 0 Å². The van der Waals surface area contributed by atoms with Crippen LogP contribution in [-0.4, -0.2) is 43.9 Å². The Morgan fingerprint density at radius 1 is 1.44 bits per heavy atom. The summed E-state index contributed by atoms with van der Waals surface area (Å²) in [5.74, 6) is 0. The molecule has 1 atom stereocenters. The largest absolute Gasteiger partial charge is 0.511 e. The summed E-state index contributed by atoms with van der Waals surface area (Å²) in [6, 6.07) is -0.577. The molecule has 1 aliphatic heterocycles. The van der Waals surface area contributed by atoms with Crippen molar-refractivity contribution in [3.63, 3.8) is 0 Å². The molecule has 96 valence electrons. The van der Waals surface area contributed by atoms with E-state index in [1.807, 2.05) is 0 Å². The van der Waals surface area contributed by atoms with Gasteiger partial charge in [0, 0.05) is 19.1 Å². The summed E-state index contributed by atoms with van der Waals surface area (Å²) >= 11 is 0. The summed E-state index contributed by atoms with van der Waals surface area (Å²) in [6.45, 7) is 2.41. The minimum absolute atomic E-state index is 0.0891. The second-order valence-electron chi connectivity index (χ2n) is 3.71. The molecule has 1 N–H and O–H groups in total. The third kappa shape index (κ3) is 2.67. The minimum atomic E-state index is -5.20. The van der Waals surface area contributed by atoms with Crippen LogP contribution in [0.25, 0.3) is 0 Å². The van der Waals surface area contributed by atoms with Gasteiger partial charge in [-0.3, -0.25) is 0 Å². The lowest BCUT2D eigenvalue weighted by atomic mass is 10.2. The summed E-state index contributed by atoms with van der Waals surface area (Å²) in [5, 5.41) is 2.86. The van der Waals surface area contributed by atoms with Gasteiger partial charge >= 0.3 is 15.5 Å². The standard InChI is InChI=1S/C8H15F3N2O2S/c1-2-5-13(7-3-4-12-6-7)16(14,15)8(9,10)11/h7,12H,2-6H2,1H3. The van der Waals surface area contributed by atoms with E-state index in [2.05, 4.69) is 5.32 Å². The van der Waals surface area contributed by atoms with E-state index in [0.29, 0.717) is 23.7 Å². The van der Waals surface area contributed by atoms with E-state index in [1.165, 1.54) is 0 Å². The first kappa shape index (κ1) is 13.7. The number of alkyl halides is 3. The zero-order chi connectivity index (χ0) is 12.4. The topological polar surface area (TPSA) is 49.4 Å². The van der Waals surface area contributed by atoms with Gasteiger partial charge in [0.25, 0.3) is 0 Å². The highest BCUT2D eigenvalue weighted by Crippen LogP contribution is 2.29. The van der Waals surface area contributed by atoms with Gasteiger partial charge in [-0.2, -0.15) is 17.5 Å². The van der Waals surface area contributed by atoms with Gasteiger partial charge in [0.2, 0.25) is 0 Å². The van der Waals surface area contributed by atoms with Crippen LogP contribution in [0, 0.1) is 0 Å². The van der Waals surface area contributed by atoms with Crippen molar-refractivity contribution in [3.05, 3.63) is 0 Å². The lowest BCUT2D eigenvalue weighted by molar-refractivity contribution is -0.0499. The number of sulfonamides is 1. The molecule has 0 bridgehead atoms. The Morgan fingerprint density at radius 3 is 2.44 bits per heavy atom. The van der Waals surface area contributed by atoms with E-state index in [1.54, 1.807) is 6.92 Å². The van der Waals surface area contributed by atoms with Crippen LogP contribution >= 0.6 is 0 Å². The van der Waals surface area contributed by atoms with Crippen molar-refractivity contribution in [2.45, 2.75) is 31.3 Å². The third-order valence-corrected chi connectivity index (χ3v) is 4.17. The zero-order valence-corrected chi connectivity index (χ0v) is 9.74. The first-order valence-corrected chi connectivity index (χ1v) is 6.53. The number of hydrogen-bond acceptors (Lipinski definition) is 3. The Balaban J connectivity index is 2.92. The molecule has 0 spiro atoms. The maximum absolute atomic E-state index is 12.4. The molecule has 1 saturated heterocycles. The SMILES string of the molecule is CCCN(C1CCNC1)S(=O)(=O)C(F)(F)F. The molecule has 0 aromatic carbocycles. The van der Waals surface area contributed by atoms with Gasteiger partial charge in [-0.15, -0.1) is 0 Å². The van der Waals surface area contributed by atoms with Gasteiger partial charge in [0.1, 0.15) is 0 Å². The summed E-state index contributed by atoms with van der Waals surface area (Å²) in [4.78, 5) is 0. The number of nitrogens with one attached hydrogen (secondary N) is 1. The number of rotatable bonds is 4. The molecule has 8 heteroatoms. The first-order valence-electron chi connectivity index (χ1n) is 5.09. The van der Waals surface area contributed by atoms with Crippen LogP contribution in [0.3, 0.4) is 0 Å². The average molecular weight is 260 g/mol. The van der Waals surface area contributed by atoms with E-state index >= 15 is 0 Å². The minimum Gasteiger partial charge on any atom is -0.315 e. The van der Waals surface area contributed by atoms with Gasteiger partial charge in [-0.1, -0.05) is 6.92 Å². The molecule has 0 saturated carbocycles. The fraction of sp³-hybridized carbons (Fsp3) is 1.00. The van der Waals surface area contributed by atoms with Crippen molar-refractivity contribution < 1.29 is 21.6 Å². The number of halogens is 3. The van der Waals surface area contributed by atoms with Crippen molar-refractivity contribution in [2.75, 3.05) is 19.6 Å². The Morgan fingerprint density at radius 2 is 2.06 bits per heavy atom. The molecular formula is C8H15F3N2O2S. The Bertz CT molecular complexity index is 323. The highest BCUT2D eigenvalue weighted by Gasteiger charge is 2.51. The lowest BCUT2D eigenvalue weighted by Crippen LogP contribution is -2.47. The second kappa shape index (κ2) is 4.89. The zero-order valence-electron chi connectivity index (χ0n) is 8.92. The summed E-state index contributed by atoms with van der Waals surface area (Å²) in [5.41, 5.74) is -5.20. The Labute approximate surface area is 92.9 Å². The number of nitrogens with zero attached hydrogens (tertiary/aromatic N) is 1. The predicted octanol–water partition coefficient (Wildman–Crippen LogP) is 0.910. The smallest absolute Gasteiger partial charge is 0.315 e. The van der Waals surface area contributed by atoms with Crippen LogP contribution in [0.15, 0.2) is 0 Å². The maximum Gasteiger partial charge on any atom is 0.511 e. The average Bonchev–Trinajstić information content (AvgIpc) is 2.64. The van der Waals surface area contributed by atoms with Crippen LogP contribution in [0.5, 0.6) is 0 Å². The van der Waals surface area contributed by atoms with Crippen molar-refractivity contribution in [2.24, 2.45) is 0 Å². The highest BCUT2D eigenvalue weighted by molar-refractivity contribution is 7.90. The van der Waals surface area contributed by atoms with Gasteiger partial charge < -0.3 is 5.32 Å². The Hall–Kier alpha value is -0.340. The molecule has 0 aromatic heterocycles. The van der Waals surface area contributed by atoms with Crippen LogP contribution in [0.1, 0.15) is 19.8 Å². The van der Waals surface area contributed by atoms with Crippen molar-refractivity contribution in [1.29, 1.82) is 0 Å². The molecule has 1 aliphatic rings. The molecule has 1 rings (SSSR count). The van der Waals surface area contributed by atoms with Crippen LogP contribution in [0.4, 0.5) is 13.2 Å². The van der Waals surface area contributed by atoms with Gasteiger partial charge in [0.05, 0.1) is 0 Å². The van der Waals surface area contributed by atoms with Crippen molar-refractivity contribution in [1.82, 2.24) is 9.62 Å². The quantitative estimate of drug-likeness (QED) is 0.817. The molecule has 4 nitrogen and oxygen atoms in total. The fourth-order valence-electron chi connectivity index (χ4n) is 1.74. The normalized spacial score (nSPS) is 22.9. The molecule has 0 aromatic rings. The summed E-state index contributed by atoms with van der Waals surface area (Å²) < 4.78 is 60.4. The predicted molar refractivity (Wildman–Crippen MR) is 53.2 cm³/mol. The van der Waals surface area contributed by atoms with Gasteiger partial charge in [0.15, 0.2) is 0 Å².